The monoisotopic (exact) mass is 215 g/mol. The molecule has 0 unspecified atom stereocenters. The van der Waals surface area contributed by atoms with Crippen LogP contribution in [0.5, 0.6) is 0 Å². The third-order valence-corrected chi connectivity index (χ3v) is 2.34. The Kier molecular flexibility index (Phi) is 5.11. The summed E-state index contributed by atoms with van der Waals surface area (Å²) >= 11 is 0. The number of rotatable bonds is 4. The summed E-state index contributed by atoms with van der Waals surface area (Å²) in [7, 11) is 3.30. The average Bonchev–Trinajstić information content (AvgIpc) is 2.23. The highest BCUT2D eigenvalue weighted by atomic mass is 16.2. The molecule has 2 N–H and O–H groups in total. The van der Waals surface area contributed by atoms with Gasteiger partial charge in [0.25, 0.3) is 0 Å². The largest absolute Gasteiger partial charge is 0.359 e. The predicted molar refractivity (Wildman–Crippen MR) is 59.6 cm³/mol. The van der Waals surface area contributed by atoms with Crippen LogP contribution >= 0.6 is 0 Å². The lowest BCUT2D eigenvalue weighted by atomic mass is 9.92. The molecule has 0 aliphatic heterocycles. The van der Waals surface area contributed by atoms with Crippen LogP contribution in [-0.2, 0) is 4.79 Å². The van der Waals surface area contributed by atoms with E-state index in [4.69, 9.17) is 0 Å². The normalized spacial score (nSPS) is 10.7. The molecule has 5 nitrogen and oxygen atoms in total. The molecule has 15 heavy (non-hydrogen) atoms. The molecule has 0 saturated heterocycles. The van der Waals surface area contributed by atoms with E-state index in [0.717, 1.165) is 0 Å². The van der Waals surface area contributed by atoms with Gasteiger partial charge in [0.05, 0.1) is 5.41 Å². The van der Waals surface area contributed by atoms with Crippen molar-refractivity contribution in [2.24, 2.45) is 5.41 Å². The topological polar surface area (TPSA) is 61.4 Å². The molecule has 3 amide bonds. The minimum absolute atomic E-state index is 0.0815. The van der Waals surface area contributed by atoms with E-state index in [1.807, 2.05) is 6.92 Å². The van der Waals surface area contributed by atoms with Crippen molar-refractivity contribution in [1.82, 2.24) is 15.5 Å². The number of carbonyl (C=O) groups is 2. The molecule has 0 aromatic carbocycles. The van der Waals surface area contributed by atoms with Crippen LogP contribution in [-0.4, -0.2) is 44.0 Å². The molecule has 0 heterocycles. The summed E-state index contributed by atoms with van der Waals surface area (Å²) < 4.78 is 0. The predicted octanol–water partition coefficient (Wildman–Crippen LogP) is 0.420. The minimum atomic E-state index is -0.584. The summed E-state index contributed by atoms with van der Waals surface area (Å²) in [6.07, 6.45) is 0. The second-order valence-corrected chi connectivity index (χ2v) is 4.14. The minimum Gasteiger partial charge on any atom is -0.359 e. The Hall–Kier alpha value is -1.26. The Morgan fingerprint density at radius 3 is 2.27 bits per heavy atom. The van der Waals surface area contributed by atoms with Crippen LogP contribution in [0.4, 0.5) is 4.79 Å². The van der Waals surface area contributed by atoms with E-state index in [0.29, 0.717) is 13.1 Å². The first kappa shape index (κ1) is 13.7. The summed E-state index contributed by atoms with van der Waals surface area (Å²) in [6.45, 7) is 6.45. The molecule has 0 atom stereocenters. The maximum atomic E-state index is 11.4. The van der Waals surface area contributed by atoms with Gasteiger partial charge >= 0.3 is 6.03 Å². The third kappa shape index (κ3) is 4.18. The van der Waals surface area contributed by atoms with Crippen LogP contribution in [0.2, 0.25) is 0 Å². The molecule has 0 spiro atoms. The van der Waals surface area contributed by atoms with Crippen molar-refractivity contribution in [2.45, 2.75) is 20.8 Å². The van der Waals surface area contributed by atoms with Crippen LogP contribution in [0.25, 0.3) is 0 Å². The number of urea groups is 1. The highest BCUT2D eigenvalue weighted by Crippen LogP contribution is 2.13. The third-order valence-electron chi connectivity index (χ3n) is 2.34. The molecule has 0 bridgehead atoms. The first-order valence-corrected chi connectivity index (χ1v) is 5.06. The molecule has 0 saturated carbocycles. The zero-order valence-corrected chi connectivity index (χ0v) is 10.2. The van der Waals surface area contributed by atoms with E-state index in [-0.39, 0.29) is 11.9 Å². The summed E-state index contributed by atoms with van der Waals surface area (Å²) in [4.78, 5) is 24.4. The molecule has 0 radical (unpaired) electrons. The van der Waals surface area contributed by atoms with Gasteiger partial charge in [-0.3, -0.25) is 4.79 Å². The molecule has 0 aliphatic rings. The molecule has 5 heteroatoms. The van der Waals surface area contributed by atoms with Crippen molar-refractivity contribution in [3.8, 4) is 0 Å². The number of hydrogen-bond donors (Lipinski definition) is 2. The van der Waals surface area contributed by atoms with E-state index in [1.54, 1.807) is 32.8 Å². The molecule has 0 aliphatic carbocycles. The van der Waals surface area contributed by atoms with Crippen molar-refractivity contribution in [2.75, 3.05) is 27.2 Å². The van der Waals surface area contributed by atoms with E-state index < -0.39 is 5.41 Å². The number of hydrogen-bond acceptors (Lipinski definition) is 2. The van der Waals surface area contributed by atoms with Crippen LogP contribution in [0.15, 0.2) is 0 Å². The fourth-order valence-corrected chi connectivity index (χ4v) is 0.994. The number of amides is 3. The van der Waals surface area contributed by atoms with E-state index in [1.165, 1.54) is 0 Å². The lowest BCUT2D eigenvalue weighted by Crippen LogP contribution is -2.46. The molecule has 88 valence electrons. The Bertz CT molecular complexity index is 239. The second-order valence-electron chi connectivity index (χ2n) is 4.14. The average molecular weight is 215 g/mol. The van der Waals surface area contributed by atoms with Crippen LogP contribution in [0.3, 0.4) is 0 Å². The van der Waals surface area contributed by atoms with Gasteiger partial charge in [0, 0.05) is 27.2 Å². The van der Waals surface area contributed by atoms with Crippen molar-refractivity contribution >= 4 is 11.9 Å². The lowest BCUT2D eigenvalue weighted by molar-refractivity contribution is -0.128. The van der Waals surface area contributed by atoms with Crippen LogP contribution in [0.1, 0.15) is 20.8 Å². The summed E-state index contributed by atoms with van der Waals surface area (Å²) in [6, 6.07) is -0.158. The molecule has 0 aromatic heterocycles. The van der Waals surface area contributed by atoms with E-state index in [2.05, 4.69) is 10.6 Å². The first-order valence-electron chi connectivity index (χ1n) is 5.06. The Morgan fingerprint density at radius 1 is 1.33 bits per heavy atom. The van der Waals surface area contributed by atoms with E-state index in [9.17, 15) is 9.59 Å². The standard InChI is InChI=1S/C10H21N3O2/c1-6-13(5)9(15)12-7-10(2,3)8(14)11-4/h6-7H2,1-5H3,(H,11,14)(H,12,15). The molecular formula is C10H21N3O2. The SMILES string of the molecule is CCN(C)C(=O)NCC(C)(C)C(=O)NC. The number of carbonyl (C=O) groups excluding carboxylic acids is 2. The molecule has 0 rings (SSSR count). The fraction of sp³-hybridized carbons (Fsp3) is 0.800. The van der Waals surface area contributed by atoms with Gasteiger partial charge in [-0.2, -0.15) is 0 Å². The van der Waals surface area contributed by atoms with Crippen molar-refractivity contribution < 1.29 is 9.59 Å². The van der Waals surface area contributed by atoms with Crippen molar-refractivity contribution in [3.63, 3.8) is 0 Å². The number of nitrogens with zero attached hydrogens (tertiary/aromatic N) is 1. The first-order chi connectivity index (χ1) is 6.85. The smallest absolute Gasteiger partial charge is 0.317 e. The van der Waals surface area contributed by atoms with Crippen LogP contribution in [0, 0.1) is 5.41 Å². The molecular weight excluding hydrogens is 194 g/mol. The Balaban J connectivity index is 4.15. The maximum absolute atomic E-state index is 11.4. The van der Waals surface area contributed by atoms with Crippen LogP contribution < -0.4 is 10.6 Å². The fourth-order valence-electron chi connectivity index (χ4n) is 0.994. The van der Waals surface area contributed by atoms with E-state index >= 15 is 0 Å². The zero-order valence-electron chi connectivity index (χ0n) is 10.2. The second kappa shape index (κ2) is 5.58. The zero-order chi connectivity index (χ0) is 12.1. The highest BCUT2D eigenvalue weighted by molar-refractivity contribution is 5.82. The summed E-state index contributed by atoms with van der Waals surface area (Å²) in [5.74, 6) is -0.0815. The van der Waals surface area contributed by atoms with Gasteiger partial charge in [-0.1, -0.05) is 0 Å². The highest BCUT2D eigenvalue weighted by Gasteiger charge is 2.27. The molecule has 0 aromatic rings. The van der Waals surface area contributed by atoms with Crippen molar-refractivity contribution in [1.29, 1.82) is 0 Å². The lowest BCUT2D eigenvalue weighted by Gasteiger charge is -2.24. The maximum Gasteiger partial charge on any atom is 0.317 e. The van der Waals surface area contributed by atoms with Gasteiger partial charge in [-0.05, 0) is 20.8 Å². The molecule has 0 fully saturated rings. The summed E-state index contributed by atoms with van der Waals surface area (Å²) in [5, 5.41) is 5.28. The number of nitrogens with one attached hydrogen (secondary N) is 2. The Labute approximate surface area is 91.2 Å². The Morgan fingerprint density at radius 2 is 1.87 bits per heavy atom. The van der Waals surface area contributed by atoms with Gasteiger partial charge in [-0.25, -0.2) is 4.79 Å². The quantitative estimate of drug-likeness (QED) is 0.714. The van der Waals surface area contributed by atoms with Crippen molar-refractivity contribution in [3.05, 3.63) is 0 Å². The van der Waals surface area contributed by atoms with Gasteiger partial charge in [-0.15, -0.1) is 0 Å². The van der Waals surface area contributed by atoms with Gasteiger partial charge in [0.2, 0.25) is 5.91 Å². The summed E-state index contributed by atoms with van der Waals surface area (Å²) in [5.41, 5.74) is -0.584. The van der Waals surface area contributed by atoms with Gasteiger partial charge in [0.15, 0.2) is 0 Å². The van der Waals surface area contributed by atoms with Gasteiger partial charge < -0.3 is 15.5 Å². The van der Waals surface area contributed by atoms with Gasteiger partial charge in [0.1, 0.15) is 0 Å².